The second kappa shape index (κ2) is 8.45. The first-order valence-electron chi connectivity index (χ1n) is 9.86. The van der Waals surface area contributed by atoms with Crippen molar-refractivity contribution in [2.45, 2.75) is 37.5 Å². The number of rotatable bonds is 5. The number of aryl methyl sites for hydroxylation is 1. The summed E-state index contributed by atoms with van der Waals surface area (Å²) in [7, 11) is 0. The lowest BCUT2D eigenvalue weighted by Crippen LogP contribution is -2.11. The smallest absolute Gasteiger partial charge is 0.295 e. The molecule has 0 saturated heterocycles. The molecule has 1 aromatic carbocycles. The number of carbonyl (C=O) groups excluding carboxylic acids is 1. The van der Waals surface area contributed by atoms with Gasteiger partial charge in [0.25, 0.3) is 0 Å². The predicted molar refractivity (Wildman–Crippen MR) is 106 cm³/mol. The molecule has 0 aliphatic heterocycles. The standard InChI is InChI=1S/C22H16F6N4O/c23-21(24,25)15-8-14(9-16(11-15)22(26,27)28)20-30-12-32(31-20)7-5-17(33)10-13-3-4-19-18(13)2-1-6-29-19/h1-2,5-9,11-13H,3-4,10H2/b7-5-. The monoisotopic (exact) mass is 466 g/mol. The second-order valence-electron chi connectivity index (χ2n) is 7.60. The summed E-state index contributed by atoms with van der Waals surface area (Å²) in [6.07, 6.45) is -2.79. The van der Waals surface area contributed by atoms with Crippen LogP contribution in [0, 0.1) is 0 Å². The topological polar surface area (TPSA) is 60.7 Å². The lowest BCUT2D eigenvalue weighted by atomic mass is 9.96. The summed E-state index contributed by atoms with van der Waals surface area (Å²) >= 11 is 0. The summed E-state index contributed by atoms with van der Waals surface area (Å²) in [4.78, 5) is 20.4. The highest BCUT2D eigenvalue weighted by Gasteiger charge is 2.37. The van der Waals surface area contributed by atoms with E-state index < -0.39 is 29.0 Å². The van der Waals surface area contributed by atoms with Gasteiger partial charge in [0.2, 0.25) is 0 Å². The van der Waals surface area contributed by atoms with Crippen LogP contribution in [-0.2, 0) is 23.6 Å². The van der Waals surface area contributed by atoms with Gasteiger partial charge >= 0.3 is 12.4 Å². The van der Waals surface area contributed by atoms with Gasteiger partial charge in [0.05, 0.1) is 11.1 Å². The largest absolute Gasteiger partial charge is 0.416 e. The van der Waals surface area contributed by atoms with Crippen molar-refractivity contribution in [1.29, 1.82) is 0 Å². The van der Waals surface area contributed by atoms with Gasteiger partial charge in [-0.1, -0.05) is 6.07 Å². The van der Waals surface area contributed by atoms with Crippen molar-refractivity contribution in [3.05, 3.63) is 71.3 Å². The van der Waals surface area contributed by atoms with Crippen LogP contribution in [0.2, 0.25) is 0 Å². The van der Waals surface area contributed by atoms with Crippen LogP contribution in [0.1, 0.15) is 41.1 Å². The van der Waals surface area contributed by atoms with E-state index in [1.54, 1.807) is 6.20 Å². The summed E-state index contributed by atoms with van der Waals surface area (Å²) in [5.74, 6) is -0.491. The Hall–Kier alpha value is -3.50. The van der Waals surface area contributed by atoms with Gasteiger partial charge < -0.3 is 0 Å². The molecule has 2 aromatic heterocycles. The molecule has 11 heteroatoms. The van der Waals surface area contributed by atoms with Crippen molar-refractivity contribution < 1.29 is 31.1 Å². The van der Waals surface area contributed by atoms with Gasteiger partial charge in [-0.15, -0.1) is 5.10 Å². The van der Waals surface area contributed by atoms with E-state index in [9.17, 15) is 31.1 Å². The van der Waals surface area contributed by atoms with Crippen molar-refractivity contribution in [3.63, 3.8) is 0 Å². The van der Waals surface area contributed by atoms with Crippen LogP contribution in [0.4, 0.5) is 26.3 Å². The minimum absolute atomic E-state index is 0.0375. The molecule has 0 spiro atoms. The number of carbonyl (C=O) groups is 1. The second-order valence-corrected chi connectivity index (χ2v) is 7.60. The first-order chi connectivity index (χ1) is 15.5. The van der Waals surface area contributed by atoms with Gasteiger partial charge in [-0.25, -0.2) is 9.67 Å². The third-order valence-corrected chi connectivity index (χ3v) is 5.31. The summed E-state index contributed by atoms with van der Waals surface area (Å²) < 4.78 is 79.4. The average Bonchev–Trinajstić information content (AvgIpc) is 3.38. The summed E-state index contributed by atoms with van der Waals surface area (Å²) in [6.45, 7) is 0. The molecule has 1 atom stereocenters. The zero-order chi connectivity index (χ0) is 23.8. The molecule has 5 nitrogen and oxygen atoms in total. The SMILES string of the molecule is O=C(/C=C\n1cnc(-c2cc(C(F)(F)F)cc(C(F)(F)F)c2)n1)CC1CCc2ncccc21. The predicted octanol–water partition coefficient (Wildman–Crippen LogP) is 5.54. The van der Waals surface area contributed by atoms with Crippen LogP contribution >= 0.6 is 0 Å². The molecule has 3 aromatic rings. The molecule has 1 unspecified atom stereocenters. The fourth-order valence-corrected chi connectivity index (χ4v) is 3.74. The number of fused-ring (bicyclic) bond motifs is 1. The van der Waals surface area contributed by atoms with Crippen molar-refractivity contribution in [2.24, 2.45) is 0 Å². The zero-order valence-electron chi connectivity index (χ0n) is 16.9. The molecule has 0 N–H and O–H groups in total. The molecule has 2 heterocycles. The van der Waals surface area contributed by atoms with Gasteiger partial charge in [-0.3, -0.25) is 9.78 Å². The number of allylic oxidation sites excluding steroid dienone is 1. The Kier molecular flexibility index (Phi) is 5.81. The first-order valence-corrected chi connectivity index (χ1v) is 9.86. The molecular formula is C22H16F6N4O. The van der Waals surface area contributed by atoms with Crippen LogP contribution in [0.25, 0.3) is 17.6 Å². The normalized spacial score (nSPS) is 16.4. The van der Waals surface area contributed by atoms with E-state index in [1.807, 2.05) is 12.1 Å². The van der Waals surface area contributed by atoms with Gasteiger partial charge in [0.15, 0.2) is 11.6 Å². The molecule has 1 aliphatic carbocycles. The Bertz CT molecular complexity index is 1180. The molecule has 0 radical (unpaired) electrons. The van der Waals surface area contributed by atoms with Gasteiger partial charge in [-0.05, 0) is 54.7 Å². The zero-order valence-corrected chi connectivity index (χ0v) is 16.9. The summed E-state index contributed by atoms with van der Waals surface area (Å²) in [5, 5.41) is 3.89. The van der Waals surface area contributed by atoms with Crippen LogP contribution in [0.15, 0.2) is 48.9 Å². The lowest BCUT2D eigenvalue weighted by molar-refractivity contribution is -0.143. The minimum atomic E-state index is -4.97. The van der Waals surface area contributed by atoms with Gasteiger partial charge in [0, 0.05) is 30.1 Å². The number of hydrogen-bond donors (Lipinski definition) is 0. The van der Waals surface area contributed by atoms with Crippen molar-refractivity contribution in [1.82, 2.24) is 19.7 Å². The highest BCUT2D eigenvalue weighted by molar-refractivity contribution is 5.92. The molecule has 0 fully saturated rings. The molecule has 33 heavy (non-hydrogen) atoms. The average molecular weight is 466 g/mol. The van der Waals surface area contributed by atoms with Crippen molar-refractivity contribution in [3.8, 4) is 11.4 Å². The van der Waals surface area contributed by atoms with E-state index in [0.29, 0.717) is 12.1 Å². The Labute approximate surface area is 183 Å². The molecular weight excluding hydrogens is 450 g/mol. The Balaban J connectivity index is 1.51. The maximum atomic E-state index is 13.1. The Morgan fingerprint density at radius 1 is 1.06 bits per heavy atom. The summed E-state index contributed by atoms with van der Waals surface area (Å²) in [5.41, 5.74) is -1.35. The lowest BCUT2D eigenvalue weighted by Gasteiger charge is -2.13. The number of pyridine rings is 1. The molecule has 4 rings (SSSR count). The fraction of sp³-hybridized carbons (Fsp3) is 0.273. The van der Waals surface area contributed by atoms with E-state index in [-0.39, 0.29) is 30.0 Å². The highest BCUT2D eigenvalue weighted by atomic mass is 19.4. The third kappa shape index (κ3) is 5.12. The maximum Gasteiger partial charge on any atom is 0.416 e. The maximum absolute atomic E-state index is 13.1. The molecule has 172 valence electrons. The minimum Gasteiger partial charge on any atom is -0.295 e. The third-order valence-electron chi connectivity index (χ3n) is 5.31. The van der Waals surface area contributed by atoms with Crippen LogP contribution in [0.3, 0.4) is 0 Å². The van der Waals surface area contributed by atoms with Crippen molar-refractivity contribution >= 4 is 12.0 Å². The van der Waals surface area contributed by atoms with Gasteiger partial charge in [0.1, 0.15) is 6.33 Å². The Morgan fingerprint density at radius 2 is 1.76 bits per heavy atom. The molecule has 0 saturated carbocycles. The number of aromatic nitrogens is 4. The highest BCUT2D eigenvalue weighted by Crippen LogP contribution is 2.38. The quantitative estimate of drug-likeness (QED) is 0.366. The number of hydrogen-bond acceptors (Lipinski definition) is 4. The van der Waals surface area contributed by atoms with E-state index in [0.717, 1.165) is 35.1 Å². The van der Waals surface area contributed by atoms with E-state index >= 15 is 0 Å². The fourth-order valence-electron chi connectivity index (χ4n) is 3.74. The van der Waals surface area contributed by atoms with Crippen LogP contribution in [-0.4, -0.2) is 25.5 Å². The number of ketones is 1. The number of benzene rings is 1. The number of nitrogens with zero attached hydrogens (tertiary/aromatic N) is 4. The van der Waals surface area contributed by atoms with E-state index in [2.05, 4.69) is 15.1 Å². The van der Waals surface area contributed by atoms with Crippen LogP contribution in [0.5, 0.6) is 0 Å². The van der Waals surface area contributed by atoms with E-state index in [4.69, 9.17) is 0 Å². The molecule has 1 aliphatic rings. The number of alkyl halides is 6. The molecule has 0 bridgehead atoms. The molecule has 0 amide bonds. The first kappa shape index (κ1) is 22.7. The summed E-state index contributed by atoms with van der Waals surface area (Å²) in [6, 6.07) is 4.89. The van der Waals surface area contributed by atoms with E-state index in [1.165, 1.54) is 12.3 Å². The van der Waals surface area contributed by atoms with Crippen molar-refractivity contribution in [2.75, 3.05) is 0 Å². The van der Waals surface area contributed by atoms with Gasteiger partial charge in [-0.2, -0.15) is 26.3 Å². The van der Waals surface area contributed by atoms with Crippen LogP contribution < -0.4 is 0 Å². The Morgan fingerprint density at radius 3 is 2.42 bits per heavy atom. The number of halogens is 6.